The number of hydrogen-bond acceptors (Lipinski definition) is 6. The fraction of sp³-hybridized carbons (Fsp3) is 0.727. The second-order valence-corrected chi connectivity index (χ2v) is 8.15. The van der Waals surface area contributed by atoms with Crippen molar-refractivity contribution in [3.63, 3.8) is 0 Å². The van der Waals surface area contributed by atoms with Crippen LogP contribution in [-0.2, 0) is 14.8 Å². The molecule has 0 radical (unpaired) electrons. The molecule has 2 N–H and O–H groups in total. The lowest BCUT2D eigenvalue weighted by Crippen LogP contribution is -2.42. The molecule has 1 aromatic rings. The summed E-state index contributed by atoms with van der Waals surface area (Å²) in [6.07, 6.45) is 3.74. The molecule has 1 aliphatic carbocycles. The monoisotopic (exact) mass is 352 g/mol. The molecule has 2 unspecified atom stereocenters. The van der Waals surface area contributed by atoms with Crippen LogP contribution in [0.15, 0.2) is 4.34 Å². The van der Waals surface area contributed by atoms with E-state index < -0.39 is 10.0 Å². The molecule has 118 valence electrons. The third-order valence-corrected chi connectivity index (χ3v) is 6.43. The highest BCUT2D eigenvalue weighted by Gasteiger charge is 2.30. The van der Waals surface area contributed by atoms with E-state index in [1.807, 2.05) is 0 Å². The predicted octanol–water partition coefficient (Wildman–Crippen LogP) is 1.57. The molecule has 1 aromatic heterocycles. The lowest BCUT2D eigenvalue weighted by molar-refractivity contribution is -0.114. The van der Waals surface area contributed by atoms with Gasteiger partial charge in [-0.05, 0) is 18.8 Å². The summed E-state index contributed by atoms with van der Waals surface area (Å²) in [6.45, 7) is 1.32. The zero-order chi connectivity index (χ0) is 15.5. The number of anilines is 1. The molecule has 21 heavy (non-hydrogen) atoms. The van der Waals surface area contributed by atoms with Crippen LogP contribution in [0.4, 0.5) is 5.13 Å². The maximum absolute atomic E-state index is 12.3. The molecule has 0 saturated heterocycles. The van der Waals surface area contributed by atoms with Crippen molar-refractivity contribution in [3.05, 3.63) is 0 Å². The number of carbonyl (C=O) groups is 1. The zero-order valence-corrected chi connectivity index (χ0v) is 13.9. The average molecular weight is 353 g/mol. The minimum absolute atomic E-state index is 0.137. The van der Waals surface area contributed by atoms with E-state index in [2.05, 4.69) is 20.2 Å². The number of halogens is 1. The maximum Gasteiger partial charge on any atom is 0.270 e. The number of aromatic nitrogens is 2. The Morgan fingerprint density at radius 3 is 2.76 bits per heavy atom. The summed E-state index contributed by atoms with van der Waals surface area (Å²) in [5, 5.41) is 9.85. The molecule has 1 heterocycles. The number of hydrogen-bond donors (Lipinski definition) is 2. The SMILES string of the molecule is CC(=O)Nc1nnc(S(=O)(=O)NC2CCCCC2CCl)s1. The number of nitrogens with zero attached hydrogens (tertiary/aromatic N) is 2. The first kappa shape index (κ1) is 16.6. The Morgan fingerprint density at radius 2 is 2.10 bits per heavy atom. The number of carbonyl (C=O) groups excluding carboxylic acids is 1. The standard InChI is InChI=1S/C11H17ClN4O3S2/c1-7(17)13-10-14-15-11(20-10)21(18,19)16-9-5-3-2-4-8(9)6-12/h8-9,16H,2-6H2,1H3,(H,13,14,17). The third-order valence-electron chi connectivity index (χ3n) is 3.33. The Labute approximate surface area is 132 Å². The van der Waals surface area contributed by atoms with Crippen molar-refractivity contribution >= 4 is 44.0 Å². The molecule has 1 amide bonds. The molecule has 1 saturated carbocycles. The number of nitrogens with one attached hydrogen (secondary N) is 2. The van der Waals surface area contributed by atoms with Crippen LogP contribution >= 0.6 is 22.9 Å². The molecule has 1 fully saturated rings. The van der Waals surface area contributed by atoms with Gasteiger partial charge in [0.15, 0.2) is 0 Å². The highest BCUT2D eigenvalue weighted by atomic mass is 35.5. The second-order valence-electron chi connectivity index (χ2n) is 4.98. The number of amides is 1. The number of sulfonamides is 1. The Bertz CT molecular complexity index is 604. The van der Waals surface area contributed by atoms with E-state index in [1.165, 1.54) is 6.92 Å². The minimum atomic E-state index is -3.73. The fourth-order valence-corrected chi connectivity index (χ4v) is 4.99. The molecule has 0 spiro atoms. The Kier molecular flexibility index (Phi) is 5.53. The van der Waals surface area contributed by atoms with Gasteiger partial charge in [0, 0.05) is 18.8 Å². The van der Waals surface area contributed by atoms with Gasteiger partial charge in [-0.3, -0.25) is 4.79 Å². The van der Waals surface area contributed by atoms with Crippen LogP contribution in [0.3, 0.4) is 0 Å². The summed E-state index contributed by atoms with van der Waals surface area (Å²) in [5.74, 6) is 0.246. The van der Waals surface area contributed by atoms with E-state index in [0.717, 1.165) is 37.0 Å². The van der Waals surface area contributed by atoms with Gasteiger partial charge in [0.05, 0.1) is 0 Å². The molecule has 10 heteroatoms. The number of rotatable bonds is 5. The van der Waals surface area contributed by atoms with Gasteiger partial charge in [-0.2, -0.15) is 0 Å². The molecule has 0 aromatic carbocycles. The van der Waals surface area contributed by atoms with Crippen LogP contribution in [0.25, 0.3) is 0 Å². The molecular formula is C11H17ClN4O3S2. The Morgan fingerprint density at radius 1 is 1.38 bits per heavy atom. The van der Waals surface area contributed by atoms with Crippen molar-refractivity contribution in [3.8, 4) is 0 Å². The molecule has 7 nitrogen and oxygen atoms in total. The fourth-order valence-electron chi connectivity index (χ4n) is 2.32. The highest BCUT2D eigenvalue weighted by Crippen LogP contribution is 2.27. The van der Waals surface area contributed by atoms with E-state index in [1.54, 1.807) is 0 Å². The predicted molar refractivity (Wildman–Crippen MR) is 81.0 cm³/mol. The lowest BCUT2D eigenvalue weighted by Gasteiger charge is -2.30. The van der Waals surface area contributed by atoms with E-state index in [4.69, 9.17) is 11.6 Å². The van der Waals surface area contributed by atoms with Gasteiger partial charge in [-0.25, -0.2) is 13.1 Å². The van der Waals surface area contributed by atoms with Crippen molar-refractivity contribution in [2.45, 2.75) is 43.0 Å². The van der Waals surface area contributed by atoms with Crippen molar-refractivity contribution in [2.75, 3.05) is 11.2 Å². The van der Waals surface area contributed by atoms with Gasteiger partial charge in [0.2, 0.25) is 15.4 Å². The topological polar surface area (TPSA) is 101 Å². The summed E-state index contributed by atoms with van der Waals surface area (Å²) in [7, 11) is -3.73. The summed E-state index contributed by atoms with van der Waals surface area (Å²) < 4.78 is 27.1. The maximum atomic E-state index is 12.3. The lowest BCUT2D eigenvalue weighted by atomic mass is 9.86. The first-order chi connectivity index (χ1) is 9.92. The van der Waals surface area contributed by atoms with Crippen molar-refractivity contribution < 1.29 is 13.2 Å². The normalized spacial score (nSPS) is 23.0. The average Bonchev–Trinajstić information content (AvgIpc) is 2.87. The van der Waals surface area contributed by atoms with Crippen molar-refractivity contribution in [1.29, 1.82) is 0 Å². The third kappa shape index (κ3) is 4.35. The minimum Gasteiger partial charge on any atom is -0.301 e. The molecular weight excluding hydrogens is 336 g/mol. The largest absolute Gasteiger partial charge is 0.301 e. The van der Waals surface area contributed by atoms with Crippen LogP contribution in [0.5, 0.6) is 0 Å². The smallest absolute Gasteiger partial charge is 0.270 e. The molecule has 0 bridgehead atoms. The molecule has 2 rings (SSSR count). The van der Waals surface area contributed by atoms with Crippen LogP contribution in [0, 0.1) is 5.92 Å². The van der Waals surface area contributed by atoms with Crippen LogP contribution < -0.4 is 10.0 Å². The van der Waals surface area contributed by atoms with Gasteiger partial charge in [0.1, 0.15) is 0 Å². The van der Waals surface area contributed by atoms with Crippen molar-refractivity contribution in [1.82, 2.24) is 14.9 Å². The van der Waals surface area contributed by atoms with E-state index in [-0.39, 0.29) is 27.3 Å². The Balaban J connectivity index is 2.10. The Hall–Kier alpha value is -0.770. The quantitative estimate of drug-likeness (QED) is 0.618. The van der Waals surface area contributed by atoms with Crippen LogP contribution in [-0.4, -0.2) is 36.4 Å². The summed E-state index contributed by atoms with van der Waals surface area (Å²) >= 11 is 6.73. The first-order valence-corrected chi connectivity index (χ1v) is 9.45. The van der Waals surface area contributed by atoms with E-state index in [0.29, 0.717) is 5.88 Å². The van der Waals surface area contributed by atoms with Crippen LogP contribution in [0.2, 0.25) is 0 Å². The van der Waals surface area contributed by atoms with E-state index >= 15 is 0 Å². The summed E-state index contributed by atoms with van der Waals surface area (Å²) in [6, 6.07) is -0.172. The summed E-state index contributed by atoms with van der Waals surface area (Å²) in [5.41, 5.74) is 0. The van der Waals surface area contributed by atoms with Gasteiger partial charge >= 0.3 is 0 Å². The van der Waals surface area contributed by atoms with Gasteiger partial charge in [-0.1, -0.05) is 24.2 Å². The van der Waals surface area contributed by atoms with Crippen molar-refractivity contribution in [2.24, 2.45) is 5.92 Å². The van der Waals surface area contributed by atoms with Gasteiger partial charge < -0.3 is 5.32 Å². The second kappa shape index (κ2) is 6.99. The summed E-state index contributed by atoms with van der Waals surface area (Å²) in [4.78, 5) is 10.9. The zero-order valence-electron chi connectivity index (χ0n) is 11.5. The van der Waals surface area contributed by atoms with E-state index in [9.17, 15) is 13.2 Å². The number of alkyl halides is 1. The molecule has 0 aliphatic heterocycles. The molecule has 1 aliphatic rings. The molecule has 2 atom stereocenters. The first-order valence-electron chi connectivity index (χ1n) is 6.62. The highest BCUT2D eigenvalue weighted by molar-refractivity contribution is 7.91. The van der Waals surface area contributed by atoms with Gasteiger partial charge in [0.25, 0.3) is 10.0 Å². The van der Waals surface area contributed by atoms with Gasteiger partial charge in [-0.15, -0.1) is 21.8 Å². The van der Waals surface area contributed by atoms with Crippen LogP contribution in [0.1, 0.15) is 32.6 Å².